The Hall–Kier alpha value is -2.16. The van der Waals surface area contributed by atoms with Crippen LogP contribution in [0, 0.1) is 5.82 Å². The van der Waals surface area contributed by atoms with E-state index in [0.29, 0.717) is 10.0 Å². The van der Waals surface area contributed by atoms with Gasteiger partial charge in [-0.2, -0.15) is 4.31 Å². The molecule has 0 saturated carbocycles. The Balaban J connectivity index is 1.88. The number of carbonyl (C=O) groups is 1. The van der Waals surface area contributed by atoms with Crippen LogP contribution in [0.1, 0.15) is 24.1 Å². The maximum atomic E-state index is 14.4. The molecule has 0 bridgehead atoms. The zero-order valence-corrected chi connectivity index (χ0v) is 20.5. The summed E-state index contributed by atoms with van der Waals surface area (Å²) in [5.41, 5.74) is 0.757. The number of benzene rings is 3. The number of sulfonamides is 1. The minimum Gasteiger partial charge on any atom is -0.348 e. The van der Waals surface area contributed by atoms with E-state index in [-0.39, 0.29) is 15.5 Å². The minimum absolute atomic E-state index is 0.0322. The average molecular weight is 530 g/mol. The third-order valence-corrected chi connectivity index (χ3v) is 7.58. The molecule has 5 nitrogen and oxygen atoms in total. The summed E-state index contributed by atoms with van der Waals surface area (Å²) in [5, 5.41) is 3.72. The number of nitrogens with zero attached hydrogens (tertiary/aromatic N) is 1. The summed E-state index contributed by atoms with van der Waals surface area (Å²) in [6.07, 6.45) is 0. The molecule has 3 aromatic rings. The summed E-state index contributed by atoms with van der Waals surface area (Å²) in [6, 6.07) is 16.0. The Kier molecular flexibility index (Phi) is 8.37. The zero-order chi connectivity index (χ0) is 24.2. The molecule has 1 atom stereocenters. The zero-order valence-electron chi connectivity index (χ0n) is 17.4. The maximum Gasteiger partial charge on any atom is 0.243 e. The topological polar surface area (TPSA) is 66.5 Å². The van der Waals surface area contributed by atoms with Crippen LogP contribution in [-0.2, 0) is 21.4 Å². The summed E-state index contributed by atoms with van der Waals surface area (Å²) in [7, 11) is -4.18. The van der Waals surface area contributed by atoms with Crippen molar-refractivity contribution in [2.45, 2.75) is 24.4 Å². The van der Waals surface area contributed by atoms with Crippen LogP contribution in [-0.4, -0.2) is 25.2 Å². The molecule has 10 heteroatoms. The monoisotopic (exact) mass is 528 g/mol. The highest BCUT2D eigenvalue weighted by Gasteiger charge is 2.29. The van der Waals surface area contributed by atoms with E-state index in [9.17, 15) is 17.6 Å². The summed E-state index contributed by atoms with van der Waals surface area (Å²) >= 11 is 17.9. The number of halogens is 4. The lowest BCUT2D eigenvalue weighted by molar-refractivity contribution is -0.122. The normalized spacial score (nSPS) is 12.5. The van der Waals surface area contributed by atoms with Gasteiger partial charge in [0.25, 0.3) is 0 Å². The van der Waals surface area contributed by atoms with E-state index in [0.717, 1.165) is 9.87 Å². The predicted molar refractivity (Wildman–Crippen MR) is 128 cm³/mol. The summed E-state index contributed by atoms with van der Waals surface area (Å²) < 4.78 is 41.9. The highest BCUT2D eigenvalue weighted by atomic mass is 35.5. The van der Waals surface area contributed by atoms with E-state index in [2.05, 4.69) is 5.32 Å². The smallest absolute Gasteiger partial charge is 0.243 e. The second-order valence-electron chi connectivity index (χ2n) is 7.27. The lowest BCUT2D eigenvalue weighted by Gasteiger charge is -2.24. The van der Waals surface area contributed by atoms with Gasteiger partial charge in [0.05, 0.1) is 17.5 Å². The molecule has 0 radical (unpaired) electrons. The van der Waals surface area contributed by atoms with Crippen molar-refractivity contribution in [1.82, 2.24) is 9.62 Å². The highest BCUT2D eigenvalue weighted by molar-refractivity contribution is 7.89. The standard InChI is InChI=1S/C23H20Cl3FN2O3S/c1-15(16-5-7-17(24)8-6-16)28-23(30)14-29(13-20-21(26)3-2-4-22(20)27)33(31,32)19-11-9-18(25)10-12-19/h2-12,15H,13-14H2,1H3,(H,28,30)/t15-/m0/s1. The van der Waals surface area contributed by atoms with Crippen molar-refractivity contribution in [2.75, 3.05) is 6.54 Å². The molecule has 0 aliphatic rings. The van der Waals surface area contributed by atoms with Crippen LogP contribution in [0.3, 0.4) is 0 Å². The van der Waals surface area contributed by atoms with Gasteiger partial charge in [-0.1, -0.05) is 53.0 Å². The Bertz CT molecular complexity index is 1220. The summed E-state index contributed by atoms with van der Waals surface area (Å²) in [5.74, 6) is -1.24. The number of rotatable bonds is 8. The Morgan fingerprint density at radius 1 is 0.970 bits per heavy atom. The van der Waals surface area contributed by atoms with E-state index in [4.69, 9.17) is 34.8 Å². The minimum atomic E-state index is -4.18. The fraction of sp³-hybridized carbons (Fsp3) is 0.174. The second kappa shape index (κ2) is 10.8. The molecule has 3 aromatic carbocycles. The van der Waals surface area contributed by atoms with Gasteiger partial charge >= 0.3 is 0 Å². The first-order valence-corrected chi connectivity index (χ1v) is 12.4. The fourth-order valence-corrected chi connectivity index (χ4v) is 4.96. The van der Waals surface area contributed by atoms with Crippen LogP contribution in [0.2, 0.25) is 15.1 Å². The second-order valence-corrected chi connectivity index (χ2v) is 10.5. The average Bonchev–Trinajstić information content (AvgIpc) is 2.76. The molecule has 0 heterocycles. The van der Waals surface area contributed by atoms with Crippen LogP contribution in [0.4, 0.5) is 4.39 Å². The van der Waals surface area contributed by atoms with E-state index in [1.165, 1.54) is 42.5 Å². The lowest BCUT2D eigenvalue weighted by Crippen LogP contribution is -2.41. The van der Waals surface area contributed by atoms with Crippen molar-refractivity contribution in [3.05, 3.63) is 98.7 Å². The van der Waals surface area contributed by atoms with E-state index >= 15 is 0 Å². The molecule has 1 amide bonds. The van der Waals surface area contributed by atoms with Gasteiger partial charge in [-0.25, -0.2) is 12.8 Å². The van der Waals surface area contributed by atoms with Crippen molar-refractivity contribution in [1.29, 1.82) is 0 Å². The molecule has 0 aromatic heterocycles. The van der Waals surface area contributed by atoms with Gasteiger partial charge in [0, 0.05) is 27.2 Å². The Morgan fingerprint density at radius 3 is 2.12 bits per heavy atom. The first-order valence-electron chi connectivity index (χ1n) is 9.81. The van der Waals surface area contributed by atoms with Crippen LogP contribution < -0.4 is 5.32 Å². The van der Waals surface area contributed by atoms with Gasteiger partial charge in [0.1, 0.15) is 5.82 Å². The van der Waals surface area contributed by atoms with Crippen LogP contribution in [0.15, 0.2) is 71.6 Å². The predicted octanol–water partition coefficient (Wildman–Crippen LogP) is 5.85. The highest BCUT2D eigenvalue weighted by Crippen LogP contribution is 2.25. The van der Waals surface area contributed by atoms with Gasteiger partial charge in [0.15, 0.2) is 0 Å². The molecule has 0 aliphatic carbocycles. The van der Waals surface area contributed by atoms with Gasteiger partial charge in [-0.3, -0.25) is 4.79 Å². The molecule has 0 spiro atoms. The van der Waals surface area contributed by atoms with Crippen molar-refractivity contribution < 1.29 is 17.6 Å². The molecule has 174 valence electrons. The van der Waals surface area contributed by atoms with Crippen molar-refractivity contribution in [3.63, 3.8) is 0 Å². The molecule has 0 aliphatic heterocycles. The molecule has 0 unspecified atom stereocenters. The van der Waals surface area contributed by atoms with Gasteiger partial charge < -0.3 is 5.32 Å². The summed E-state index contributed by atoms with van der Waals surface area (Å²) in [4.78, 5) is 12.7. The quantitative estimate of drug-likeness (QED) is 0.398. The number of hydrogen-bond acceptors (Lipinski definition) is 3. The van der Waals surface area contributed by atoms with Crippen molar-refractivity contribution in [2.24, 2.45) is 0 Å². The van der Waals surface area contributed by atoms with Crippen molar-refractivity contribution in [3.8, 4) is 0 Å². The van der Waals surface area contributed by atoms with Gasteiger partial charge in [-0.05, 0) is 61.0 Å². The SMILES string of the molecule is C[C@H](NC(=O)CN(Cc1c(F)cccc1Cl)S(=O)(=O)c1ccc(Cl)cc1)c1ccc(Cl)cc1. The molecule has 33 heavy (non-hydrogen) atoms. The number of carbonyl (C=O) groups excluding carboxylic acids is 1. The number of hydrogen-bond donors (Lipinski definition) is 1. The molecular formula is C23H20Cl3FN2O3S. The van der Waals surface area contributed by atoms with Crippen LogP contribution in [0.25, 0.3) is 0 Å². The molecule has 1 N–H and O–H groups in total. The molecule has 3 rings (SSSR count). The first-order chi connectivity index (χ1) is 15.6. The van der Waals surface area contributed by atoms with E-state index in [1.54, 1.807) is 31.2 Å². The third kappa shape index (κ3) is 6.46. The lowest BCUT2D eigenvalue weighted by atomic mass is 10.1. The maximum absolute atomic E-state index is 14.4. The Morgan fingerprint density at radius 2 is 1.55 bits per heavy atom. The number of nitrogens with one attached hydrogen (secondary N) is 1. The fourth-order valence-electron chi connectivity index (χ4n) is 3.12. The Labute approximate surface area is 207 Å². The molecule has 0 saturated heterocycles. The van der Waals surface area contributed by atoms with E-state index in [1.807, 2.05) is 0 Å². The first kappa shape index (κ1) is 25.5. The molecule has 0 fully saturated rings. The van der Waals surface area contributed by atoms with Crippen LogP contribution in [0.5, 0.6) is 0 Å². The largest absolute Gasteiger partial charge is 0.348 e. The van der Waals surface area contributed by atoms with Gasteiger partial charge in [-0.15, -0.1) is 0 Å². The number of amides is 1. The van der Waals surface area contributed by atoms with E-state index < -0.39 is 40.9 Å². The van der Waals surface area contributed by atoms with Crippen LogP contribution >= 0.6 is 34.8 Å². The van der Waals surface area contributed by atoms with Gasteiger partial charge in [0.2, 0.25) is 15.9 Å². The van der Waals surface area contributed by atoms with Crippen molar-refractivity contribution >= 4 is 50.7 Å². The third-order valence-electron chi connectivity index (χ3n) is 4.92. The molecular weight excluding hydrogens is 510 g/mol. The summed E-state index contributed by atoms with van der Waals surface area (Å²) in [6.45, 7) is 0.777.